The van der Waals surface area contributed by atoms with Gasteiger partial charge in [-0.15, -0.1) is 6.58 Å². The fourth-order valence-electron chi connectivity index (χ4n) is 6.15. The molecule has 3 aliphatic rings. The highest BCUT2D eigenvalue weighted by Crippen LogP contribution is 2.46. The monoisotopic (exact) mass is 338 g/mol. The molecule has 144 valence electrons. The Kier molecular flexibility index (Phi) is 8.34. The van der Waals surface area contributed by atoms with Gasteiger partial charge in [-0.1, -0.05) is 38.7 Å². The minimum atomic E-state index is 0. The molecule has 0 unspecified atom stereocenters. The van der Waals surface area contributed by atoms with Gasteiger partial charge < -0.3 is 5.48 Å². The van der Waals surface area contributed by atoms with Crippen molar-refractivity contribution in [3.05, 3.63) is 12.7 Å². The molecule has 0 saturated heterocycles. The first-order valence-electron chi connectivity index (χ1n) is 10.9. The van der Waals surface area contributed by atoms with Crippen LogP contribution in [0.2, 0.25) is 0 Å². The lowest BCUT2D eigenvalue weighted by molar-refractivity contribution is 0.105. The molecule has 2 N–H and O–H groups in total. The van der Waals surface area contributed by atoms with Gasteiger partial charge in [-0.25, -0.2) is 0 Å². The zero-order chi connectivity index (χ0) is 16.1. The minimum absolute atomic E-state index is 0. The van der Waals surface area contributed by atoms with Crippen molar-refractivity contribution < 1.29 is 8.33 Å². The van der Waals surface area contributed by atoms with E-state index in [4.69, 9.17) is 0 Å². The summed E-state index contributed by atoms with van der Waals surface area (Å²) in [6.45, 7) is 6.34. The Morgan fingerprint density at radius 1 is 0.708 bits per heavy atom. The first-order valence-corrected chi connectivity index (χ1v) is 10.9. The molecule has 0 aliphatic heterocycles. The molecule has 0 heterocycles. The average Bonchev–Trinajstić information content (AvgIpc) is 2.61. The SMILES string of the molecule is C=CCCC1CCC(C2CCC(C3CCC(C)CC3)CC2)CC1.O.[HH].[HH]. The van der Waals surface area contributed by atoms with Gasteiger partial charge in [0.15, 0.2) is 0 Å². The van der Waals surface area contributed by atoms with Crippen molar-refractivity contribution in [2.75, 3.05) is 0 Å². The molecule has 3 rings (SSSR count). The molecular weight excluding hydrogens is 292 g/mol. The van der Waals surface area contributed by atoms with Gasteiger partial charge in [-0.3, -0.25) is 0 Å². The normalized spacial score (nSPS) is 40.5. The van der Waals surface area contributed by atoms with Crippen LogP contribution in [0.25, 0.3) is 0 Å². The topological polar surface area (TPSA) is 31.5 Å². The summed E-state index contributed by atoms with van der Waals surface area (Å²) in [5.41, 5.74) is 0. The van der Waals surface area contributed by atoms with E-state index in [2.05, 4.69) is 19.6 Å². The molecule has 1 nitrogen and oxygen atoms in total. The quantitative estimate of drug-likeness (QED) is 0.481. The van der Waals surface area contributed by atoms with E-state index in [1.165, 1.54) is 51.4 Å². The second-order valence-corrected chi connectivity index (χ2v) is 9.34. The van der Waals surface area contributed by atoms with Gasteiger partial charge in [0.2, 0.25) is 0 Å². The lowest BCUT2D eigenvalue weighted by atomic mass is 9.65. The molecule has 0 bridgehead atoms. The Balaban J connectivity index is 0.00000208. The van der Waals surface area contributed by atoms with Crippen molar-refractivity contribution in [3.8, 4) is 0 Å². The van der Waals surface area contributed by atoms with Crippen LogP contribution in [-0.4, -0.2) is 5.48 Å². The van der Waals surface area contributed by atoms with E-state index in [1.807, 2.05) is 0 Å². The Morgan fingerprint density at radius 3 is 1.50 bits per heavy atom. The van der Waals surface area contributed by atoms with Crippen LogP contribution < -0.4 is 0 Å². The van der Waals surface area contributed by atoms with Crippen LogP contribution in [0.15, 0.2) is 12.7 Å². The summed E-state index contributed by atoms with van der Waals surface area (Å²) in [6, 6.07) is 0. The molecule has 0 aromatic rings. The number of allylic oxidation sites excluding steroid dienone is 1. The van der Waals surface area contributed by atoms with E-state index >= 15 is 0 Å². The third-order valence-electron chi connectivity index (χ3n) is 7.88. The van der Waals surface area contributed by atoms with Crippen molar-refractivity contribution in [2.45, 2.75) is 96.8 Å². The highest BCUT2D eigenvalue weighted by Gasteiger charge is 2.34. The van der Waals surface area contributed by atoms with Crippen molar-refractivity contribution >= 4 is 0 Å². The Bertz CT molecular complexity index is 349. The fraction of sp³-hybridized carbons (Fsp3) is 0.913. The minimum Gasteiger partial charge on any atom is -0.412 e. The first-order chi connectivity index (χ1) is 11.3. The Labute approximate surface area is 154 Å². The molecule has 3 saturated carbocycles. The molecule has 0 atom stereocenters. The lowest BCUT2D eigenvalue weighted by Gasteiger charge is -2.41. The standard InChI is InChI=1S/C23H40.H2O.2H2/c1-3-4-5-19-8-12-21(13-9-19)23-16-14-22(15-17-23)20-10-6-18(2)7-11-20;;;/h3,18-23H,1,4-17H2,2H3;1H2;2*1H. The van der Waals surface area contributed by atoms with E-state index < -0.39 is 0 Å². The second kappa shape index (κ2) is 10.00. The van der Waals surface area contributed by atoms with Gasteiger partial charge in [0.05, 0.1) is 0 Å². The summed E-state index contributed by atoms with van der Waals surface area (Å²) in [4.78, 5) is 0. The Morgan fingerprint density at radius 2 is 1.08 bits per heavy atom. The van der Waals surface area contributed by atoms with Crippen LogP contribution in [-0.2, 0) is 0 Å². The van der Waals surface area contributed by atoms with Crippen molar-refractivity contribution in [1.29, 1.82) is 0 Å². The molecule has 0 spiro atoms. The van der Waals surface area contributed by atoms with Crippen LogP contribution in [0, 0.1) is 35.5 Å². The smallest absolute Gasteiger partial charge is 0 e. The summed E-state index contributed by atoms with van der Waals surface area (Å²) in [7, 11) is 0. The lowest BCUT2D eigenvalue weighted by Crippen LogP contribution is -2.29. The summed E-state index contributed by atoms with van der Waals surface area (Å²) in [5, 5.41) is 0. The maximum absolute atomic E-state index is 3.88. The van der Waals surface area contributed by atoms with E-state index in [0.717, 1.165) is 35.5 Å². The summed E-state index contributed by atoms with van der Waals surface area (Å²) >= 11 is 0. The summed E-state index contributed by atoms with van der Waals surface area (Å²) in [5.74, 6) is 6.41. The van der Waals surface area contributed by atoms with Crippen molar-refractivity contribution in [1.82, 2.24) is 0 Å². The highest BCUT2D eigenvalue weighted by atomic mass is 16.0. The number of hydrogen-bond donors (Lipinski definition) is 0. The van der Waals surface area contributed by atoms with Crippen LogP contribution in [0.5, 0.6) is 0 Å². The maximum atomic E-state index is 3.88. The molecule has 0 amide bonds. The molecule has 3 fully saturated rings. The molecular formula is C23H46O. The van der Waals surface area contributed by atoms with Crippen LogP contribution in [0.1, 0.15) is 99.7 Å². The average molecular weight is 339 g/mol. The van der Waals surface area contributed by atoms with E-state index in [1.54, 1.807) is 38.5 Å². The summed E-state index contributed by atoms with van der Waals surface area (Å²) < 4.78 is 0. The van der Waals surface area contributed by atoms with Gasteiger partial charge in [0, 0.05) is 2.85 Å². The molecule has 24 heavy (non-hydrogen) atoms. The van der Waals surface area contributed by atoms with Crippen LogP contribution in [0.4, 0.5) is 0 Å². The predicted octanol–water partition coefficient (Wildman–Crippen LogP) is 7.06. The largest absolute Gasteiger partial charge is 0.412 e. The number of rotatable bonds is 5. The van der Waals surface area contributed by atoms with Crippen molar-refractivity contribution in [2.24, 2.45) is 35.5 Å². The van der Waals surface area contributed by atoms with Gasteiger partial charge in [-0.2, -0.15) is 0 Å². The van der Waals surface area contributed by atoms with Crippen LogP contribution >= 0.6 is 0 Å². The van der Waals surface area contributed by atoms with Gasteiger partial charge >= 0.3 is 0 Å². The summed E-state index contributed by atoms with van der Waals surface area (Å²) in [6.07, 6.45) is 23.3. The Hall–Kier alpha value is -0.300. The van der Waals surface area contributed by atoms with E-state index in [9.17, 15) is 0 Å². The zero-order valence-corrected chi connectivity index (χ0v) is 16.1. The molecule has 0 radical (unpaired) electrons. The van der Waals surface area contributed by atoms with Crippen LogP contribution in [0.3, 0.4) is 0 Å². The predicted molar refractivity (Wildman–Crippen MR) is 109 cm³/mol. The van der Waals surface area contributed by atoms with E-state index in [0.29, 0.717) is 0 Å². The second-order valence-electron chi connectivity index (χ2n) is 9.34. The van der Waals surface area contributed by atoms with Gasteiger partial charge in [-0.05, 0) is 99.7 Å². The van der Waals surface area contributed by atoms with E-state index in [-0.39, 0.29) is 8.33 Å². The fourth-order valence-corrected chi connectivity index (χ4v) is 6.15. The molecule has 0 aromatic heterocycles. The van der Waals surface area contributed by atoms with Crippen molar-refractivity contribution in [3.63, 3.8) is 0 Å². The maximum Gasteiger partial charge on any atom is 0 e. The molecule has 1 heteroatoms. The third kappa shape index (κ3) is 5.35. The van der Waals surface area contributed by atoms with Gasteiger partial charge in [0.25, 0.3) is 0 Å². The first kappa shape index (κ1) is 20.0. The molecule has 3 aliphatic carbocycles. The zero-order valence-electron chi connectivity index (χ0n) is 16.1. The number of hydrogen-bond acceptors (Lipinski definition) is 0. The third-order valence-corrected chi connectivity index (χ3v) is 7.88. The van der Waals surface area contributed by atoms with Gasteiger partial charge in [0.1, 0.15) is 0 Å². The highest BCUT2D eigenvalue weighted by molar-refractivity contribution is 4.85. The molecule has 0 aromatic carbocycles.